The molecule has 0 radical (unpaired) electrons. The van der Waals surface area contributed by atoms with Gasteiger partial charge in [-0.3, -0.25) is 0 Å². The fraction of sp³-hybridized carbons (Fsp3) is 1.00. The second-order valence-corrected chi connectivity index (χ2v) is 8.92. The van der Waals surface area contributed by atoms with Crippen molar-refractivity contribution < 1.29 is 8.85 Å². The molecule has 0 heterocycles. The molecule has 116 valence electrons. The average molecular weight is 289 g/mol. The quantitative estimate of drug-likeness (QED) is 0.303. The molecule has 0 rings (SSSR count). The van der Waals surface area contributed by atoms with Gasteiger partial charge in [-0.25, -0.2) is 0 Å². The second-order valence-electron chi connectivity index (χ2n) is 5.52. The molecule has 0 saturated heterocycles. The molecule has 0 spiro atoms. The van der Waals surface area contributed by atoms with Gasteiger partial charge in [0.15, 0.2) is 0 Å². The van der Waals surface area contributed by atoms with E-state index in [1.807, 2.05) is 0 Å². The third-order valence-corrected chi connectivity index (χ3v) is 7.47. The van der Waals surface area contributed by atoms with Gasteiger partial charge in [0, 0.05) is 13.2 Å². The van der Waals surface area contributed by atoms with Gasteiger partial charge in [-0.1, -0.05) is 66.2 Å². The Kier molecular flexibility index (Phi) is 13.2. The highest BCUT2D eigenvalue weighted by atomic mass is 28.4. The molecule has 0 aromatic rings. The van der Waals surface area contributed by atoms with Crippen LogP contribution in [0.2, 0.25) is 12.1 Å². The third kappa shape index (κ3) is 9.64. The molecule has 0 aliphatic rings. The highest BCUT2D eigenvalue weighted by Crippen LogP contribution is 2.24. The first kappa shape index (κ1) is 19.1. The van der Waals surface area contributed by atoms with Crippen molar-refractivity contribution in [1.82, 2.24) is 0 Å². The van der Waals surface area contributed by atoms with E-state index in [-0.39, 0.29) is 0 Å². The van der Waals surface area contributed by atoms with Crippen LogP contribution in [0.1, 0.15) is 79.1 Å². The monoisotopic (exact) mass is 288 g/mol. The van der Waals surface area contributed by atoms with Crippen molar-refractivity contribution in [3.05, 3.63) is 0 Å². The molecule has 0 bridgehead atoms. The Balaban J connectivity index is 4.22. The summed E-state index contributed by atoms with van der Waals surface area (Å²) in [7, 11) is -1.90. The molecule has 0 aromatic carbocycles. The summed E-state index contributed by atoms with van der Waals surface area (Å²) in [6.45, 7) is 10.8. The second kappa shape index (κ2) is 13.1. The Morgan fingerprint density at radius 3 is 1.32 bits per heavy atom. The number of unbranched alkanes of at least 4 members (excludes halogenated alkanes) is 4. The summed E-state index contributed by atoms with van der Waals surface area (Å²) >= 11 is 0. The Hall–Kier alpha value is 0.137. The van der Waals surface area contributed by atoms with E-state index in [1.54, 1.807) is 0 Å². The molecule has 0 atom stereocenters. The van der Waals surface area contributed by atoms with Crippen LogP contribution in [-0.2, 0) is 8.85 Å². The molecular formula is C16H36O2Si. The largest absolute Gasteiger partial charge is 0.394 e. The highest BCUT2D eigenvalue weighted by Gasteiger charge is 2.35. The SMILES string of the molecule is CCCCCO[Si](CCC)(CCC)OCCCCC. The normalized spacial score (nSPS) is 12.0. The van der Waals surface area contributed by atoms with E-state index in [2.05, 4.69) is 27.7 Å². The Labute approximate surface area is 122 Å². The molecule has 0 aliphatic carbocycles. The van der Waals surface area contributed by atoms with Crippen LogP contribution in [0.25, 0.3) is 0 Å². The lowest BCUT2D eigenvalue weighted by Crippen LogP contribution is -2.42. The number of hydrogen-bond acceptors (Lipinski definition) is 2. The topological polar surface area (TPSA) is 18.5 Å². The lowest BCUT2D eigenvalue weighted by molar-refractivity contribution is 0.160. The van der Waals surface area contributed by atoms with E-state index >= 15 is 0 Å². The van der Waals surface area contributed by atoms with Gasteiger partial charge in [0.25, 0.3) is 0 Å². The van der Waals surface area contributed by atoms with Gasteiger partial charge in [-0.05, 0) is 24.9 Å². The fourth-order valence-electron chi connectivity index (χ4n) is 2.44. The molecule has 0 aromatic heterocycles. The zero-order valence-corrected chi connectivity index (χ0v) is 14.8. The van der Waals surface area contributed by atoms with Crippen LogP contribution in [0, 0.1) is 0 Å². The Bertz CT molecular complexity index is 166. The first-order chi connectivity index (χ1) is 9.24. The van der Waals surface area contributed by atoms with Crippen LogP contribution in [0.5, 0.6) is 0 Å². The minimum atomic E-state index is -1.90. The standard InChI is InChI=1S/C16H36O2Si/c1-5-9-11-13-17-19(15-7-3,16-8-4)18-14-12-10-6-2/h5-16H2,1-4H3. The van der Waals surface area contributed by atoms with Crippen molar-refractivity contribution in [2.24, 2.45) is 0 Å². The minimum Gasteiger partial charge on any atom is -0.394 e. The molecule has 0 N–H and O–H groups in total. The van der Waals surface area contributed by atoms with E-state index in [1.165, 1.54) is 63.5 Å². The summed E-state index contributed by atoms with van der Waals surface area (Å²) in [6.07, 6.45) is 9.83. The van der Waals surface area contributed by atoms with Gasteiger partial charge < -0.3 is 8.85 Å². The molecular weight excluding hydrogens is 252 g/mol. The van der Waals surface area contributed by atoms with Gasteiger partial charge in [0.1, 0.15) is 0 Å². The first-order valence-electron chi connectivity index (χ1n) is 8.52. The summed E-state index contributed by atoms with van der Waals surface area (Å²) in [5.41, 5.74) is 0. The molecule has 0 unspecified atom stereocenters. The molecule has 0 saturated carbocycles. The van der Waals surface area contributed by atoms with E-state index in [4.69, 9.17) is 8.85 Å². The zero-order chi connectivity index (χ0) is 14.4. The number of hydrogen-bond donors (Lipinski definition) is 0. The Morgan fingerprint density at radius 2 is 1.00 bits per heavy atom. The maximum absolute atomic E-state index is 6.31. The Morgan fingerprint density at radius 1 is 0.579 bits per heavy atom. The average Bonchev–Trinajstić information content (AvgIpc) is 2.41. The molecule has 0 amide bonds. The molecule has 0 fully saturated rings. The maximum atomic E-state index is 6.31. The van der Waals surface area contributed by atoms with E-state index in [0.717, 1.165) is 13.2 Å². The van der Waals surface area contributed by atoms with Crippen molar-refractivity contribution in [2.45, 2.75) is 91.1 Å². The van der Waals surface area contributed by atoms with Gasteiger partial charge in [-0.2, -0.15) is 0 Å². The van der Waals surface area contributed by atoms with E-state index < -0.39 is 8.56 Å². The van der Waals surface area contributed by atoms with Gasteiger partial charge in [0.2, 0.25) is 0 Å². The lowest BCUT2D eigenvalue weighted by Gasteiger charge is -2.30. The summed E-state index contributed by atoms with van der Waals surface area (Å²) in [4.78, 5) is 0. The van der Waals surface area contributed by atoms with Gasteiger partial charge >= 0.3 is 8.56 Å². The fourth-order valence-corrected chi connectivity index (χ4v) is 5.90. The van der Waals surface area contributed by atoms with Crippen LogP contribution in [-0.4, -0.2) is 21.8 Å². The predicted octanol–water partition coefficient (Wildman–Crippen LogP) is 5.66. The van der Waals surface area contributed by atoms with E-state index in [0.29, 0.717) is 0 Å². The van der Waals surface area contributed by atoms with Crippen LogP contribution >= 0.6 is 0 Å². The summed E-state index contributed by atoms with van der Waals surface area (Å²) in [6, 6.07) is 2.33. The highest BCUT2D eigenvalue weighted by molar-refractivity contribution is 6.67. The molecule has 3 heteroatoms. The lowest BCUT2D eigenvalue weighted by atomic mass is 10.3. The first-order valence-corrected chi connectivity index (χ1v) is 10.8. The minimum absolute atomic E-state index is 0.911. The summed E-state index contributed by atoms with van der Waals surface area (Å²) in [5, 5.41) is 0. The van der Waals surface area contributed by atoms with Gasteiger partial charge in [0.05, 0.1) is 0 Å². The molecule has 0 aliphatic heterocycles. The van der Waals surface area contributed by atoms with Crippen molar-refractivity contribution in [1.29, 1.82) is 0 Å². The smallest absolute Gasteiger partial charge is 0.338 e. The van der Waals surface area contributed by atoms with Crippen LogP contribution in [0.3, 0.4) is 0 Å². The van der Waals surface area contributed by atoms with Crippen LogP contribution in [0.4, 0.5) is 0 Å². The van der Waals surface area contributed by atoms with Gasteiger partial charge in [-0.15, -0.1) is 0 Å². The van der Waals surface area contributed by atoms with Crippen LogP contribution in [0.15, 0.2) is 0 Å². The van der Waals surface area contributed by atoms with Crippen LogP contribution < -0.4 is 0 Å². The maximum Gasteiger partial charge on any atom is 0.338 e. The summed E-state index contributed by atoms with van der Waals surface area (Å²) < 4.78 is 12.6. The molecule has 2 nitrogen and oxygen atoms in total. The van der Waals surface area contributed by atoms with Crippen molar-refractivity contribution >= 4 is 8.56 Å². The molecule has 19 heavy (non-hydrogen) atoms. The van der Waals surface area contributed by atoms with Crippen molar-refractivity contribution in [3.63, 3.8) is 0 Å². The van der Waals surface area contributed by atoms with E-state index in [9.17, 15) is 0 Å². The zero-order valence-electron chi connectivity index (χ0n) is 13.8. The number of rotatable bonds is 14. The third-order valence-electron chi connectivity index (χ3n) is 3.49. The van der Waals surface area contributed by atoms with Crippen molar-refractivity contribution in [3.8, 4) is 0 Å². The summed E-state index contributed by atoms with van der Waals surface area (Å²) in [5.74, 6) is 0. The predicted molar refractivity (Wildman–Crippen MR) is 86.9 cm³/mol. The van der Waals surface area contributed by atoms with Crippen molar-refractivity contribution in [2.75, 3.05) is 13.2 Å².